The average Bonchev–Trinajstić information content (AvgIpc) is 2.65. The molecule has 0 saturated carbocycles. The average molecular weight is 364 g/mol. The van der Waals surface area contributed by atoms with Gasteiger partial charge in [-0.1, -0.05) is 42.5 Å². The number of fused-ring (bicyclic) bond motifs is 1. The van der Waals surface area contributed by atoms with Gasteiger partial charge in [0, 0.05) is 25.5 Å². The molecule has 0 unspecified atom stereocenters. The normalized spacial score (nSPS) is 11.1. The van der Waals surface area contributed by atoms with E-state index in [1.807, 2.05) is 50.5 Å². The fraction of sp³-hybridized carbons (Fsp3) is 0.286. The SMILES string of the molecule is CN(C)Cc1ccccc1CNC(=O)Cc1nn(C)c(=O)c2ccccc12. The molecule has 140 valence electrons. The molecule has 0 spiro atoms. The van der Waals surface area contributed by atoms with Gasteiger partial charge in [-0.2, -0.15) is 5.10 Å². The van der Waals surface area contributed by atoms with E-state index in [4.69, 9.17) is 0 Å². The van der Waals surface area contributed by atoms with Crippen molar-refractivity contribution in [1.29, 1.82) is 0 Å². The highest BCUT2D eigenvalue weighted by molar-refractivity contribution is 5.88. The molecule has 0 saturated heterocycles. The van der Waals surface area contributed by atoms with E-state index in [1.54, 1.807) is 13.1 Å². The lowest BCUT2D eigenvalue weighted by molar-refractivity contribution is -0.120. The molecule has 3 rings (SSSR count). The van der Waals surface area contributed by atoms with Gasteiger partial charge >= 0.3 is 0 Å². The van der Waals surface area contributed by atoms with Gasteiger partial charge in [0.25, 0.3) is 5.56 Å². The van der Waals surface area contributed by atoms with Crippen LogP contribution in [0.2, 0.25) is 0 Å². The van der Waals surface area contributed by atoms with Crippen LogP contribution in [0, 0.1) is 0 Å². The van der Waals surface area contributed by atoms with E-state index < -0.39 is 0 Å². The van der Waals surface area contributed by atoms with E-state index in [1.165, 1.54) is 10.2 Å². The molecule has 6 heteroatoms. The second kappa shape index (κ2) is 8.14. The lowest BCUT2D eigenvalue weighted by Crippen LogP contribution is -2.28. The van der Waals surface area contributed by atoms with Gasteiger partial charge in [0.1, 0.15) is 0 Å². The molecule has 0 bridgehead atoms. The maximum Gasteiger partial charge on any atom is 0.274 e. The van der Waals surface area contributed by atoms with Crippen LogP contribution < -0.4 is 10.9 Å². The molecule has 2 aromatic carbocycles. The summed E-state index contributed by atoms with van der Waals surface area (Å²) in [6, 6.07) is 15.3. The van der Waals surface area contributed by atoms with Crippen molar-refractivity contribution in [2.24, 2.45) is 7.05 Å². The molecule has 1 aromatic heterocycles. The molecular formula is C21H24N4O2. The minimum Gasteiger partial charge on any atom is -0.352 e. The predicted octanol–water partition coefficient (Wildman–Crippen LogP) is 1.85. The molecule has 0 aliphatic carbocycles. The molecule has 0 fully saturated rings. The summed E-state index contributed by atoms with van der Waals surface area (Å²) < 4.78 is 1.29. The molecular weight excluding hydrogens is 340 g/mol. The third-order valence-corrected chi connectivity index (χ3v) is 4.44. The number of hydrogen-bond acceptors (Lipinski definition) is 4. The Balaban J connectivity index is 1.75. The Labute approximate surface area is 158 Å². The van der Waals surface area contributed by atoms with Crippen molar-refractivity contribution in [2.75, 3.05) is 14.1 Å². The number of rotatable bonds is 6. The van der Waals surface area contributed by atoms with Gasteiger partial charge in [0.2, 0.25) is 5.91 Å². The zero-order valence-corrected chi connectivity index (χ0v) is 15.9. The van der Waals surface area contributed by atoms with Crippen molar-refractivity contribution in [3.63, 3.8) is 0 Å². The van der Waals surface area contributed by atoms with Gasteiger partial charge in [-0.3, -0.25) is 9.59 Å². The third-order valence-electron chi connectivity index (χ3n) is 4.44. The van der Waals surface area contributed by atoms with E-state index in [0.717, 1.165) is 17.5 Å². The Morgan fingerprint density at radius 3 is 2.37 bits per heavy atom. The van der Waals surface area contributed by atoms with Crippen molar-refractivity contribution in [2.45, 2.75) is 19.5 Å². The highest BCUT2D eigenvalue weighted by Gasteiger charge is 2.12. The first-order valence-electron chi connectivity index (χ1n) is 8.89. The van der Waals surface area contributed by atoms with Crippen LogP contribution in [0.1, 0.15) is 16.8 Å². The summed E-state index contributed by atoms with van der Waals surface area (Å²) in [5.41, 5.74) is 2.73. The minimum absolute atomic E-state index is 0.119. The topological polar surface area (TPSA) is 67.2 Å². The molecule has 0 atom stereocenters. The molecule has 1 N–H and O–H groups in total. The number of nitrogens with one attached hydrogen (secondary N) is 1. The molecule has 1 heterocycles. The Hall–Kier alpha value is -2.99. The van der Waals surface area contributed by atoms with Gasteiger partial charge in [0.05, 0.1) is 17.5 Å². The molecule has 0 aliphatic heterocycles. The quantitative estimate of drug-likeness (QED) is 0.725. The summed E-state index contributed by atoms with van der Waals surface area (Å²) in [7, 11) is 5.64. The molecule has 0 aliphatic rings. The second-order valence-electron chi connectivity index (χ2n) is 6.88. The van der Waals surface area contributed by atoms with E-state index in [2.05, 4.69) is 21.4 Å². The number of hydrogen-bond donors (Lipinski definition) is 1. The van der Waals surface area contributed by atoms with Crippen LogP contribution in [0.5, 0.6) is 0 Å². The van der Waals surface area contributed by atoms with Gasteiger partial charge in [-0.25, -0.2) is 4.68 Å². The van der Waals surface area contributed by atoms with Crippen LogP contribution >= 0.6 is 0 Å². The lowest BCUT2D eigenvalue weighted by atomic mass is 10.1. The van der Waals surface area contributed by atoms with E-state index in [-0.39, 0.29) is 17.9 Å². The second-order valence-corrected chi connectivity index (χ2v) is 6.88. The Kier molecular flexibility index (Phi) is 5.66. The molecule has 1 amide bonds. The maximum absolute atomic E-state index is 12.5. The molecule has 27 heavy (non-hydrogen) atoms. The molecule has 3 aromatic rings. The Morgan fingerprint density at radius 1 is 1.04 bits per heavy atom. The van der Waals surface area contributed by atoms with Crippen LogP contribution in [0.3, 0.4) is 0 Å². The van der Waals surface area contributed by atoms with Crippen LogP contribution in [-0.2, 0) is 31.4 Å². The van der Waals surface area contributed by atoms with E-state index >= 15 is 0 Å². The third kappa shape index (κ3) is 4.41. The van der Waals surface area contributed by atoms with Crippen molar-refractivity contribution in [1.82, 2.24) is 20.0 Å². The predicted molar refractivity (Wildman–Crippen MR) is 106 cm³/mol. The lowest BCUT2D eigenvalue weighted by Gasteiger charge is -2.15. The number of carbonyl (C=O) groups is 1. The van der Waals surface area contributed by atoms with Crippen LogP contribution in [0.25, 0.3) is 10.8 Å². The summed E-state index contributed by atoms with van der Waals surface area (Å²) >= 11 is 0. The zero-order chi connectivity index (χ0) is 19.4. The largest absolute Gasteiger partial charge is 0.352 e. The fourth-order valence-electron chi connectivity index (χ4n) is 3.14. The first-order valence-corrected chi connectivity index (χ1v) is 8.89. The number of carbonyl (C=O) groups excluding carboxylic acids is 1. The molecule has 0 radical (unpaired) electrons. The standard InChI is InChI=1S/C21H24N4O2/c1-24(2)14-16-9-5-4-8-15(16)13-22-20(26)12-19-17-10-6-7-11-18(17)21(27)25(3)23-19/h4-11H,12-14H2,1-3H3,(H,22,26). The summed E-state index contributed by atoms with van der Waals surface area (Å²) in [6.45, 7) is 1.28. The van der Waals surface area contributed by atoms with E-state index in [9.17, 15) is 9.59 Å². The van der Waals surface area contributed by atoms with Crippen molar-refractivity contribution >= 4 is 16.7 Å². The van der Waals surface area contributed by atoms with Gasteiger partial charge in [0.15, 0.2) is 0 Å². The van der Waals surface area contributed by atoms with Crippen molar-refractivity contribution in [3.8, 4) is 0 Å². The fourth-order valence-corrected chi connectivity index (χ4v) is 3.14. The van der Waals surface area contributed by atoms with Crippen molar-refractivity contribution in [3.05, 3.63) is 75.7 Å². The highest BCUT2D eigenvalue weighted by atomic mass is 16.1. The highest BCUT2D eigenvalue weighted by Crippen LogP contribution is 2.14. The van der Waals surface area contributed by atoms with Crippen LogP contribution in [0.15, 0.2) is 53.3 Å². The van der Waals surface area contributed by atoms with Crippen LogP contribution in [0.4, 0.5) is 0 Å². The first kappa shape index (κ1) is 18.8. The van der Waals surface area contributed by atoms with Gasteiger partial charge in [-0.05, 0) is 31.3 Å². The van der Waals surface area contributed by atoms with Crippen LogP contribution in [-0.4, -0.2) is 34.7 Å². The number of aryl methyl sites for hydroxylation is 1. The Morgan fingerprint density at radius 2 is 1.67 bits per heavy atom. The number of aromatic nitrogens is 2. The molecule has 6 nitrogen and oxygen atoms in total. The number of amides is 1. The van der Waals surface area contributed by atoms with Crippen molar-refractivity contribution < 1.29 is 4.79 Å². The Bertz CT molecular complexity index is 1020. The summed E-state index contributed by atoms with van der Waals surface area (Å²) in [4.78, 5) is 26.8. The van der Waals surface area contributed by atoms with Gasteiger partial charge in [-0.15, -0.1) is 0 Å². The summed E-state index contributed by atoms with van der Waals surface area (Å²) in [6.07, 6.45) is 0.129. The maximum atomic E-state index is 12.5. The summed E-state index contributed by atoms with van der Waals surface area (Å²) in [5, 5.41) is 8.57. The van der Waals surface area contributed by atoms with E-state index in [0.29, 0.717) is 17.6 Å². The zero-order valence-electron chi connectivity index (χ0n) is 15.9. The number of nitrogens with zero attached hydrogens (tertiary/aromatic N) is 3. The minimum atomic E-state index is -0.160. The monoisotopic (exact) mass is 364 g/mol. The summed E-state index contributed by atoms with van der Waals surface area (Å²) in [5.74, 6) is -0.119. The first-order chi connectivity index (χ1) is 13.0. The smallest absolute Gasteiger partial charge is 0.274 e. The number of benzene rings is 2. The van der Waals surface area contributed by atoms with Gasteiger partial charge < -0.3 is 10.2 Å².